The first-order chi connectivity index (χ1) is 13.8. The van der Waals surface area contributed by atoms with Crippen molar-refractivity contribution >= 4 is 33.0 Å². The average molecular weight is 408 g/mol. The fourth-order valence-corrected chi connectivity index (χ4v) is 3.35. The summed E-state index contributed by atoms with van der Waals surface area (Å²) in [5, 5.41) is 2.78. The molecule has 0 saturated heterocycles. The number of benzene rings is 3. The molecule has 1 N–H and O–H groups in total. The van der Waals surface area contributed by atoms with Crippen molar-refractivity contribution in [1.82, 2.24) is 0 Å². The molecule has 0 atom stereocenters. The molecule has 0 aromatic heterocycles. The second kappa shape index (κ2) is 8.28. The summed E-state index contributed by atoms with van der Waals surface area (Å²) in [5.41, 5.74) is 2.14. The molecule has 3 aromatic rings. The van der Waals surface area contributed by atoms with Crippen LogP contribution in [0.15, 0.2) is 83.8 Å². The predicted octanol–water partition coefficient (Wildman–Crippen LogP) is 3.62. The van der Waals surface area contributed by atoms with Gasteiger partial charge in [0.2, 0.25) is 0 Å². The number of nitrogens with one attached hydrogen (secondary N) is 1. The van der Waals surface area contributed by atoms with Gasteiger partial charge in [-0.05, 0) is 60.7 Å². The van der Waals surface area contributed by atoms with Crippen LogP contribution < -0.4 is 10.2 Å². The molecule has 3 aromatic carbocycles. The highest BCUT2D eigenvalue weighted by Gasteiger charge is 2.15. The topological polar surface area (TPSA) is 83.6 Å². The van der Waals surface area contributed by atoms with E-state index in [2.05, 4.69) is 5.32 Å². The first kappa shape index (κ1) is 20.3. The van der Waals surface area contributed by atoms with Crippen molar-refractivity contribution in [2.45, 2.75) is 4.90 Å². The Bertz CT molecular complexity index is 1120. The van der Waals surface area contributed by atoms with Crippen molar-refractivity contribution in [1.29, 1.82) is 0 Å². The highest BCUT2D eigenvalue weighted by atomic mass is 32.2. The van der Waals surface area contributed by atoms with E-state index in [1.165, 1.54) is 17.0 Å². The van der Waals surface area contributed by atoms with Gasteiger partial charge in [-0.3, -0.25) is 9.59 Å². The zero-order valence-corrected chi connectivity index (χ0v) is 16.8. The van der Waals surface area contributed by atoms with Gasteiger partial charge < -0.3 is 10.2 Å². The van der Waals surface area contributed by atoms with Crippen LogP contribution in [0, 0.1) is 0 Å². The van der Waals surface area contributed by atoms with Gasteiger partial charge in [-0.2, -0.15) is 0 Å². The summed E-state index contributed by atoms with van der Waals surface area (Å²) in [5.74, 6) is -0.481. The number of hydrogen-bond donors (Lipinski definition) is 1. The van der Waals surface area contributed by atoms with Gasteiger partial charge >= 0.3 is 0 Å². The summed E-state index contributed by atoms with van der Waals surface area (Å²) >= 11 is 0. The van der Waals surface area contributed by atoms with Crippen molar-refractivity contribution in [3.63, 3.8) is 0 Å². The third-order valence-corrected chi connectivity index (χ3v) is 5.51. The van der Waals surface area contributed by atoms with Crippen molar-refractivity contribution in [3.8, 4) is 0 Å². The second-order valence-electron chi connectivity index (χ2n) is 6.53. The lowest BCUT2D eigenvalue weighted by molar-refractivity contribution is 0.0991. The molecule has 148 valence electrons. The number of hydrogen-bond acceptors (Lipinski definition) is 4. The molecule has 0 radical (unpaired) electrons. The third kappa shape index (κ3) is 4.89. The Morgan fingerprint density at radius 2 is 1.38 bits per heavy atom. The zero-order valence-electron chi connectivity index (χ0n) is 16.0. The first-order valence-electron chi connectivity index (χ1n) is 8.80. The highest BCUT2D eigenvalue weighted by Crippen LogP contribution is 2.20. The Morgan fingerprint density at radius 3 is 1.93 bits per heavy atom. The molecule has 0 spiro atoms. The Hall–Kier alpha value is -3.45. The predicted molar refractivity (Wildman–Crippen MR) is 113 cm³/mol. The molecule has 0 bridgehead atoms. The van der Waals surface area contributed by atoms with E-state index in [9.17, 15) is 18.0 Å². The third-order valence-electron chi connectivity index (χ3n) is 4.38. The molecule has 29 heavy (non-hydrogen) atoms. The minimum absolute atomic E-state index is 0.195. The molecule has 6 nitrogen and oxygen atoms in total. The van der Waals surface area contributed by atoms with E-state index < -0.39 is 9.84 Å². The lowest BCUT2D eigenvalue weighted by atomic mass is 10.1. The molecular formula is C22H20N2O4S. The summed E-state index contributed by atoms with van der Waals surface area (Å²) in [6.45, 7) is 0. The fourth-order valence-electron chi connectivity index (χ4n) is 2.72. The van der Waals surface area contributed by atoms with Crippen molar-refractivity contribution in [2.75, 3.05) is 23.5 Å². The van der Waals surface area contributed by atoms with E-state index in [4.69, 9.17) is 0 Å². The molecule has 2 amide bonds. The van der Waals surface area contributed by atoms with E-state index in [0.29, 0.717) is 22.5 Å². The van der Waals surface area contributed by atoms with E-state index in [1.54, 1.807) is 67.7 Å². The minimum Gasteiger partial charge on any atom is -0.322 e. The van der Waals surface area contributed by atoms with E-state index in [-0.39, 0.29) is 16.7 Å². The van der Waals surface area contributed by atoms with Crippen LogP contribution in [0.3, 0.4) is 0 Å². The molecule has 0 fully saturated rings. The van der Waals surface area contributed by atoms with Crippen molar-refractivity contribution < 1.29 is 18.0 Å². The molecule has 0 aliphatic carbocycles. The Morgan fingerprint density at radius 1 is 0.793 bits per heavy atom. The quantitative estimate of drug-likeness (QED) is 0.699. The van der Waals surface area contributed by atoms with Crippen LogP contribution in [0.5, 0.6) is 0 Å². The molecule has 3 rings (SSSR count). The van der Waals surface area contributed by atoms with Gasteiger partial charge in [0, 0.05) is 35.8 Å². The van der Waals surface area contributed by atoms with Crippen molar-refractivity contribution in [3.05, 3.63) is 90.0 Å². The summed E-state index contributed by atoms with van der Waals surface area (Å²) < 4.78 is 23.1. The second-order valence-corrected chi connectivity index (χ2v) is 8.54. The average Bonchev–Trinajstić information content (AvgIpc) is 2.73. The maximum Gasteiger partial charge on any atom is 0.258 e. The SMILES string of the molecule is CN(C(=O)c1ccc(NC(=O)c2ccccc2)cc1)c1ccc(S(C)(=O)=O)cc1. The van der Waals surface area contributed by atoms with Crippen LogP contribution in [0.1, 0.15) is 20.7 Å². The van der Waals surface area contributed by atoms with E-state index >= 15 is 0 Å². The number of nitrogens with zero attached hydrogens (tertiary/aromatic N) is 1. The molecule has 0 saturated carbocycles. The summed E-state index contributed by atoms with van der Waals surface area (Å²) in [6.07, 6.45) is 1.13. The van der Waals surface area contributed by atoms with Crippen LogP contribution in [0.4, 0.5) is 11.4 Å². The van der Waals surface area contributed by atoms with Crippen LogP contribution in [-0.4, -0.2) is 33.5 Å². The normalized spacial score (nSPS) is 11.0. The van der Waals surface area contributed by atoms with Crippen LogP contribution >= 0.6 is 0 Å². The van der Waals surface area contributed by atoms with Gasteiger partial charge in [-0.1, -0.05) is 18.2 Å². The standard InChI is InChI=1S/C22H20N2O4S/c1-24(19-12-14-20(15-13-19)29(2,27)28)22(26)17-8-10-18(11-9-17)23-21(25)16-6-4-3-5-7-16/h3-15H,1-2H3,(H,23,25). The largest absolute Gasteiger partial charge is 0.322 e. The van der Waals surface area contributed by atoms with Gasteiger partial charge in [-0.15, -0.1) is 0 Å². The first-order valence-corrected chi connectivity index (χ1v) is 10.7. The summed E-state index contributed by atoms with van der Waals surface area (Å²) in [6, 6.07) is 21.5. The van der Waals surface area contributed by atoms with Gasteiger partial charge in [0.05, 0.1) is 4.90 Å². The molecule has 0 heterocycles. The van der Waals surface area contributed by atoms with Crippen LogP contribution in [0.25, 0.3) is 0 Å². The lowest BCUT2D eigenvalue weighted by Crippen LogP contribution is -2.26. The van der Waals surface area contributed by atoms with E-state index in [0.717, 1.165) is 6.26 Å². The molecule has 0 aliphatic heterocycles. The van der Waals surface area contributed by atoms with Gasteiger partial charge in [0.1, 0.15) is 0 Å². The number of carbonyl (C=O) groups excluding carboxylic acids is 2. The van der Waals surface area contributed by atoms with Crippen LogP contribution in [0.2, 0.25) is 0 Å². The Labute approximate surface area is 169 Å². The fraction of sp³-hybridized carbons (Fsp3) is 0.0909. The number of anilines is 2. The van der Waals surface area contributed by atoms with Gasteiger partial charge in [0.15, 0.2) is 9.84 Å². The van der Waals surface area contributed by atoms with Crippen molar-refractivity contribution in [2.24, 2.45) is 0 Å². The summed E-state index contributed by atoms with van der Waals surface area (Å²) in [7, 11) is -1.68. The molecule has 0 aliphatic rings. The lowest BCUT2D eigenvalue weighted by Gasteiger charge is -2.18. The molecule has 7 heteroatoms. The maximum absolute atomic E-state index is 12.7. The number of sulfone groups is 1. The highest BCUT2D eigenvalue weighted by molar-refractivity contribution is 7.90. The number of carbonyl (C=O) groups is 2. The van der Waals surface area contributed by atoms with Gasteiger partial charge in [0.25, 0.3) is 11.8 Å². The Balaban J connectivity index is 1.70. The zero-order chi connectivity index (χ0) is 21.0. The van der Waals surface area contributed by atoms with Crippen LogP contribution in [-0.2, 0) is 9.84 Å². The van der Waals surface area contributed by atoms with E-state index in [1.807, 2.05) is 6.07 Å². The monoisotopic (exact) mass is 408 g/mol. The Kier molecular flexibility index (Phi) is 5.79. The molecule has 0 unspecified atom stereocenters. The maximum atomic E-state index is 12.7. The van der Waals surface area contributed by atoms with Gasteiger partial charge in [-0.25, -0.2) is 8.42 Å². The minimum atomic E-state index is -3.29. The number of rotatable bonds is 5. The summed E-state index contributed by atoms with van der Waals surface area (Å²) in [4.78, 5) is 26.5. The number of amides is 2. The molecular weight excluding hydrogens is 388 g/mol. The smallest absolute Gasteiger partial charge is 0.258 e.